The van der Waals surface area contributed by atoms with Crippen molar-refractivity contribution in [2.75, 3.05) is 43.9 Å². The highest BCUT2D eigenvalue weighted by Gasteiger charge is 2.33. The smallest absolute Gasteiger partial charge is 0.416 e. The molecular formula is C32H37F3N4O7S. The van der Waals surface area contributed by atoms with Gasteiger partial charge in [0.15, 0.2) is 0 Å². The number of aliphatic hydroxyl groups is 1. The fraction of sp³-hybridized carbons (Fsp3) is 0.375. The summed E-state index contributed by atoms with van der Waals surface area (Å²) in [7, 11) is -1.03. The number of anilines is 2. The number of hydrogen-bond donors (Lipinski definition) is 3. The second-order valence-corrected chi connectivity index (χ2v) is 13.1. The second kappa shape index (κ2) is 14.5. The minimum absolute atomic E-state index is 0.00335. The lowest BCUT2D eigenvalue weighted by atomic mass is 10.0. The number of benzene rings is 3. The Bertz CT molecular complexity index is 1670. The number of alkyl halides is 3. The first-order valence-electron chi connectivity index (χ1n) is 14.7. The molecule has 1 heterocycles. The van der Waals surface area contributed by atoms with Gasteiger partial charge in [-0.3, -0.25) is 9.52 Å². The normalized spacial score (nSPS) is 17.7. The maximum atomic E-state index is 13.5. The van der Waals surface area contributed by atoms with Gasteiger partial charge in [0.1, 0.15) is 17.6 Å². The quantitative estimate of drug-likeness (QED) is 0.295. The summed E-state index contributed by atoms with van der Waals surface area (Å²) in [6.07, 6.45) is -5.34. The average molecular weight is 679 g/mol. The number of urea groups is 1. The third kappa shape index (κ3) is 8.86. The van der Waals surface area contributed by atoms with E-state index >= 15 is 0 Å². The molecule has 3 aromatic carbocycles. The van der Waals surface area contributed by atoms with Crippen LogP contribution in [0, 0.1) is 5.92 Å². The van der Waals surface area contributed by atoms with Gasteiger partial charge in [0, 0.05) is 36.4 Å². The minimum Gasteiger partial charge on any atom is -0.497 e. The summed E-state index contributed by atoms with van der Waals surface area (Å²) < 4.78 is 79.0. The molecule has 1 aliphatic rings. The maximum Gasteiger partial charge on any atom is 0.416 e. The number of amides is 3. The van der Waals surface area contributed by atoms with Crippen LogP contribution in [0.3, 0.4) is 0 Å². The van der Waals surface area contributed by atoms with E-state index in [-0.39, 0.29) is 54.2 Å². The number of halogens is 3. The number of sulfonamides is 1. The highest BCUT2D eigenvalue weighted by Crippen LogP contribution is 2.31. The van der Waals surface area contributed by atoms with Crippen LogP contribution in [0.25, 0.3) is 0 Å². The van der Waals surface area contributed by atoms with E-state index in [0.717, 1.165) is 24.3 Å². The molecule has 0 aromatic heterocycles. The van der Waals surface area contributed by atoms with Crippen LogP contribution in [0.2, 0.25) is 0 Å². The van der Waals surface area contributed by atoms with E-state index < -0.39 is 39.9 Å². The molecule has 254 valence electrons. The van der Waals surface area contributed by atoms with E-state index in [1.165, 1.54) is 60.4 Å². The number of aliphatic hydroxyl groups excluding tert-OH is 1. The molecule has 0 radical (unpaired) electrons. The molecule has 15 heteroatoms. The van der Waals surface area contributed by atoms with Gasteiger partial charge in [0.2, 0.25) is 5.91 Å². The maximum absolute atomic E-state index is 13.5. The molecule has 0 saturated heterocycles. The van der Waals surface area contributed by atoms with E-state index in [4.69, 9.17) is 9.47 Å². The number of carbonyl (C=O) groups is 2. The topological polar surface area (TPSA) is 138 Å². The van der Waals surface area contributed by atoms with Crippen molar-refractivity contribution >= 4 is 33.3 Å². The highest BCUT2D eigenvalue weighted by molar-refractivity contribution is 7.92. The Morgan fingerprint density at radius 2 is 1.74 bits per heavy atom. The molecule has 0 bridgehead atoms. The van der Waals surface area contributed by atoms with Crippen molar-refractivity contribution in [1.29, 1.82) is 0 Å². The third-order valence-electron chi connectivity index (χ3n) is 7.80. The summed E-state index contributed by atoms with van der Waals surface area (Å²) in [4.78, 5) is 29.3. The van der Waals surface area contributed by atoms with E-state index in [0.29, 0.717) is 17.1 Å². The SMILES string of the molecule is COc1ccc(S(=O)(=O)Nc2ccc3c(c2)CC(=O)N([C@@H](C)CO)C[C@@H](C)[C@H](CN(C)C(=O)Nc2ccc(C(F)(F)F)cc2)O3)cc1. The van der Waals surface area contributed by atoms with Crippen LogP contribution < -0.4 is 19.5 Å². The van der Waals surface area contributed by atoms with Gasteiger partial charge in [-0.05, 0) is 73.7 Å². The van der Waals surface area contributed by atoms with Crippen LogP contribution in [0.15, 0.2) is 71.6 Å². The Morgan fingerprint density at radius 1 is 1.11 bits per heavy atom. The second-order valence-electron chi connectivity index (χ2n) is 11.4. The number of hydrogen-bond acceptors (Lipinski definition) is 7. The summed E-state index contributed by atoms with van der Waals surface area (Å²) in [6.45, 7) is 3.44. The first-order valence-corrected chi connectivity index (χ1v) is 16.2. The molecular weight excluding hydrogens is 641 g/mol. The molecule has 0 spiro atoms. The fourth-order valence-electron chi connectivity index (χ4n) is 4.99. The van der Waals surface area contributed by atoms with Crippen molar-refractivity contribution in [3.63, 3.8) is 0 Å². The van der Waals surface area contributed by atoms with E-state index in [1.807, 2.05) is 6.92 Å². The lowest BCUT2D eigenvalue weighted by Crippen LogP contribution is -2.48. The fourth-order valence-corrected chi connectivity index (χ4v) is 6.04. The zero-order valence-electron chi connectivity index (χ0n) is 26.2. The monoisotopic (exact) mass is 678 g/mol. The van der Waals surface area contributed by atoms with E-state index in [9.17, 15) is 36.3 Å². The average Bonchev–Trinajstić information content (AvgIpc) is 3.07. The molecule has 0 saturated carbocycles. The van der Waals surface area contributed by atoms with Crippen molar-refractivity contribution in [1.82, 2.24) is 9.80 Å². The molecule has 0 aliphatic carbocycles. The molecule has 0 fully saturated rings. The summed E-state index contributed by atoms with van der Waals surface area (Å²) in [5.74, 6) is 0.128. The molecule has 3 aromatic rings. The lowest BCUT2D eigenvalue weighted by molar-refractivity contribution is -0.137. The Balaban J connectivity index is 1.58. The predicted octanol–water partition coefficient (Wildman–Crippen LogP) is 4.83. The number of likely N-dealkylation sites (N-methyl/N-ethyl adjacent to an activating group) is 1. The third-order valence-corrected chi connectivity index (χ3v) is 9.20. The van der Waals surface area contributed by atoms with Gasteiger partial charge >= 0.3 is 12.2 Å². The van der Waals surface area contributed by atoms with Crippen LogP contribution in [0.5, 0.6) is 11.5 Å². The summed E-state index contributed by atoms with van der Waals surface area (Å²) in [5.41, 5.74) is -0.101. The van der Waals surface area contributed by atoms with Crippen molar-refractivity contribution in [3.8, 4) is 11.5 Å². The number of ether oxygens (including phenoxy) is 2. The van der Waals surface area contributed by atoms with Gasteiger partial charge < -0.3 is 29.7 Å². The van der Waals surface area contributed by atoms with Crippen molar-refractivity contribution in [3.05, 3.63) is 77.9 Å². The molecule has 3 atom stereocenters. The largest absolute Gasteiger partial charge is 0.497 e. The van der Waals surface area contributed by atoms with Gasteiger partial charge in [-0.15, -0.1) is 0 Å². The molecule has 0 unspecified atom stereocenters. The number of nitrogens with zero attached hydrogens (tertiary/aromatic N) is 2. The van der Waals surface area contributed by atoms with Crippen molar-refractivity contribution in [2.24, 2.45) is 5.92 Å². The molecule has 3 amide bonds. The zero-order chi connectivity index (χ0) is 34.5. The van der Waals surface area contributed by atoms with Gasteiger partial charge in [0.25, 0.3) is 10.0 Å². The van der Waals surface area contributed by atoms with Crippen molar-refractivity contribution < 1.29 is 45.8 Å². The summed E-state index contributed by atoms with van der Waals surface area (Å²) >= 11 is 0. The standard InChI is InChI=1S/C32H37F3N4O7S/c1-20-17-39(21(2)19-40)30(41)16-22-15-25(37-47(43,44)27-12-10-26(45-4)11-13-27)9-14-28(22)46-29(20)18-38(3)31(42)36-24-7-5-23(6-8-24)32(33,34)35/h5-15,20-21,29,37,40H,16-19H2,1-4H3,(H,36,42)/t20-,21+,29+/m1/s1. The molecule has 47 heavy (non-hydrogen) atoms. The van der Waals surface area contributed by atoms with Gasteiger partial charge in [0.05, 0.1) is 43.2 Å². The van der Waals surface area contributed by atoms with E-state index in [1.54, 1.807) is 13.0 Å². The highest BCUT2D eigenvalue weighted by atomic mass is 32.2. The Hall–Kier alpha value is -4.50. The predicted molar refractivity (Wildman–Crippen MR) is 169 cm³/mol. The van der Waals surface area contributed by atoms with Crippen LogP contribution in [-0.2, 0) is 27.4 Å². The van der Waals surface area contributed by atoms with Gasteiger partial charge in [-0.2, -0.15) is 13.2 Å². The first kappa shape index (κ1) is 35.4. The molecule has 3 N–H and O–H groups in total. The Labute approximate surface area is 271 Å². The van der Waals surface area contributed by atoms with Crippen LogP contribution in [0.1, 0.15) is 25.0 Å². The van der Waals surface area contributed by atoms with Crippen LogP contribution >= 0.6 is 0 Å². The number of nitrogens with one attached hydrogen (secondary N) is 2. The summed E-state index contributed by atoms with van der Waals surface area (Å²) in [6, 6.07) is 13.3. The minimum atomic E-state index is -4.51. The zero-order valence-corrected chi connectivity index (χ0v) is 27.1. The van der Waals surface area contributed by atoms with Gasteiger partial charge in [-0.25, -0.2) is 13.2 Å². The molecule has 11 nitrogen and oxygen atoms in total. The van der Waals surface area contributed by atoms with Gasteiger partial charge in [-0.1, -0.05) is 6.92 Å². The number of rotatable bonds is 9. The molecule has 1 aliphatic heterocycles. The number of carbonyl (C=O) groups excluding carboxylic acids is 2. The first-order chi connectivity index (χ1) is 22.1. The molecule has 4 rings (SSSR count). The Morgan fingerprint density at radius 3 is 2.34 bits per heavy atom. The van der Waals surface area contributed by atoms with Crippen LogP contribution in [0.4, 0.5) is 29.3 Å². The lowest BCUT2D eigenvalue weighted by Gasteiger charge is -2.34. The number of fused-ring (bicyclic) bond motifs is 1. The number of methoxy groups -OCH3 is 1. The van der Waals surface area contributed by atoms with Crippen LogP contribution in [-0.4, -0.2) is 81.3 Å². The van der Waals surface area contributed by atoms with Crippen molar-refractivity contribution in [2.45, 2.75) is 43.5 Å². The summed E-state index contributed by atoms with van der Waals surface area (Å²) in [5, 5.41) is 12.5. The Kier molecular flexibility index (Phi) is 10.9. The van der Waals surface area contributed by atoms with E-state index in [2.05, 4.69) is 10.0 Å².